The van der Waals surface area contributed by atoms with Gasteiger partial charge in [0.2, 0.25) is 0 Å². The molecule has 3 aromatic carbocycles. The maximum absolute atomic E-state index is 12.7. The number of carbonyl (C=O) groups excluding carboxylic acids is 2. The van der Waals surface area contributed by atoms with E-state index >= 15 is 0 Å². The number of fused-ring (bicyclic) bond motifs is 1. The van der Waals surface area contributed by atoms with Crippen LogP contribution in [-0.2, 0) is 0 Å². The van der Waals surface area contributed by atoms with Gasteiger partial charge in [0.25, 0.3) is 11.8 Å². The first-order valence-corrected chi connectivity index (χ1v) is 7.89. The van der Waals surface area contributed by atoms with Crippen LogP contribution in [0.2, 0.25) is 0 Å². The molecule has 1 aliphatic rings. The lowest BCUT2D eigenvalue weighted by molar-refractivity contribution is 0.0926. The maximum atomic E-state index is 12.7. The Kier molecular flexibility index (Phi) is 3.64. The number of amides is 2. The van der Waals surface area contributed by atoms with Crippen LogP contribution in [0.25, 0.3) is 0 Å². The third kappa shape index (κ3) is 2.71. The van der Waals surface area contributed by atoms with Gasteiger partial charge in [0.1, 0.15) is 0 Å². The fourth-order valence-corrected chi connectivity index (χ4v) is 2.80. The zero-order valence-corrected chi connectivity index (χ0v) is 13.3. The molecule has 118 valence electrons. The molecule has 0 bridgehead atoms. The number of rotatable bonds is 1. The Hall–Kier alpha value is -3.64. The third-order valence-corrected chi connectivity index (χ3v) is 4.03. The van der Waals surface area contributed by atoms with Gasteiger partial charge in [-0.05, 0) is 42.5 Å². The number of anilines is 1. The highest BCUT2D eigenvalue weighted by molar-refractivity contribution is 6.34. The van der Waals surface area contributed by atoms with Crippen LogP contribution >= 0.6 is 0 Å². The number of benzene rings is 3. The van der Waals surface area contributed by atoms with Crippen LogP contribution in [0.4, 0.5) is 5.69 Å². The largest absolute Gasteiger partial charge is 0.268 e. The first-order valence-electron chi connectivity index (χ1n) is 7.89. The summed E-state index contributed by atoms with van der Waals surface area (Å²) in [6.07, 6.45) is 0. The lowest BCUT2D eigenvalue weighted by Gasteiger charge is -2.13. The standard InChI is InChI=1S/C22H13NO2/c24-21-19-14-13-17(12-11-16-7-3-1-4-8-16)15-20(19)22(25)23(21)18-9-5-2-6-10-18/h1-10,13-15H. The quantitative estimate of drug-likeness (QED) is 0.503. The molecular weight excluding hydrogens is 310 g/mol. The number of carbonyl (C=O) groups is 2. The van der Waals surface area contributed by atoms with Gasteiger partial charge in [0, 0.05) is 11.1 Å². The number of para-hydroxylation sites is 1. The second kappa shape index (κ2) is 6.10. The van der Waals surface area contributed by atoms with Crippen LogP contribution in [0.3, 0.4) is 0 Å². The number of hydrogen-bond acceptors (Lipinski definition) is 2. The zero-order valence-electron chi connectivity index (χ0n) is 13.3. The molecule has 2 amide bonds. The highest BCUT2D eigenvalue weighted by Crippen LogP contribution is 2.28. The topological polar surface area (TPSA) is 37.4 Å². The summed E-state index contributed by atoms with van der Waals surface area (Å²) in [5.74, 6) is 5.50. The number of hydrogen-bond donors (Lipinski definition) is 0. The Bertz CT molecular complexity index is 1030. The van der Waals surface area contributed by atoms with Gasteiger partial charge >= 0.3 is 0 Å². The smallest absolute Gasteiger partial charge is 0.266 e. The molecule has 0 saturated heterocycles. The minimum absolute atomic E-state index is 0.297. The second-order valence-corrected chi connectivity index (χ2v) is 5.66. The Labute approximate surface area is 145 Å². The molecule has 0 spiro atoms. The van der Waals surface area contributed by atoms with Crippen molar-refractivity contribution in [2.24, 2.45) is 0 Å². The highest BCUT2D eigenvalue weighted by atomic mass is 16.2. The molecule has 0 aromatic heterocycles. The van der Waals surface area contributed by atoms with E-state index in [4.69, 9.17) is 0 Å². The highest BCUT2D eigenvalue weighted by Gasteiger charge is 2.36. The van der Waals surface area contributed by atoms with Crippen molar-refractivity contribution in [3.63, 3.8) is 0 Å². The maximum Gasteiger partial charge on any atom is 0.266 e. The van der Waals surface area contributed by atoms with E-state index in [-0.39, 0.29) is 11.8 Å². The van der Waals surface area contributed by atoms with Crippen molar-refractivity contribution < 1.29 is 9.59 Å². The van der Waals surface area contributed by atoms with E-state index in [1.165, 1.54) is 4.90 Å². The van der Waals surface area contributed by atoms with Crippen LogP contribution < -0.4 is 4.90 Å². The van der Waals surface area contributed by atoms with Gasteiger partial charge in [-0.15, -0.1) is 0 Å². The average molecular weight is 323 g/mol. The Balaban J connectivity index is 1.70. The van der Waals surface area contributed by atoms with E-state index in [2.05, 4.69) is 11.8 Å². The monoisotopic (exact) mass is 323 g/mol. The predicted molar refractivity (Wildman–Crippen MR) is 96.4 cm³/mol. The summed E-state index contributed by atoms with van der Waals surface area (Å²) in [7, 11) is 0. The average Bonchev–Trinajstić information content (AvgIpc) is 2.92. The van der Waals surface area contributed by atoms with Gasteiger partial charge in [0.05, 0.1) is 16.8 Å². The van der Waals surface area contributed by atoms with Crippen LogP contribution in [-0.4, -0.2) is 11.8 Å². The molecule has 1 aliphatic heterocycles. The van der Waals surface area contributed by atoms with Gasteiger partial charge in [0.15, 0.2) is 0 Å². The van der Waals surface area contributed by atoms with E-state index in [9.17, 15) is 9.59 Å². The molecule has 0 atom stereocenters. The normalized spacial score (nSPS) is 12.6. The molecule has 4 rings (SSSR count). The minimum Gasteiger partial charge on any atom is -0.268 e. The molecule has 0 N–H and O–H groups in total. The van der Waals surface area contributed by atoms with E-state index in [1.54, 1.807) is 42.5 Å². The molecule has 0 aliphatic carbocycles. The van der Waals surface area contributed by atoms with Crippen molar-refractivity contribution in [1.29, 1.82) is 0 Å². The molecule has 0 fully saturated rings. The molecule has 25 heavy (non-hydrogen) atoms. The Morgan fingerprint density at radius 3 is 1.92 bits per heavy atom. The molecular formula is C22H13NO2. The Morgan fingerprint density at radius 2 is 1.20 bits per heavy atom. The van der Waals surface area contributed by atoms with E-state index in [0.717, 1.165) is 5.56 Å². The summed E-state index contributed by atoms with van der Waals surface area (Å²) in [5, 5.41) is 0. The van der Waals surface area contributed by atoms with Gasteiger partial charge in [-0.2, -0.15) is 0 Å². The fraction of sp³-hybridized carbons (Fsp3) is 0. The molecule has 3 aromatic rings. The lowest BCUT2D eigenvalue weighted by atomic mass is 10.1. The van der Waals surface area contributed by atoms with E-state index < -0.39 is 0 Å². The summed E-state index contributed by atoms with van der Waals surface area (Å²) >= 11 is 0. The predicted octanol–water partition coefficient (Wildman–Crippen LogP) is 3.89. The fourth-order valence-electron chi connectivity index (χ4n) is 2.80. The first-order chi connectivity index (χ1) is 12.2. The lowest BCUT2D eigenvalue weighted by Crippen LogP contribution is -2.29. The van der Waals surface area contributed by atoms with Gasteiger partial charge in [-0.25, -0.2) is 4.90 Å². The van der Waals surface area contributed by atoms with E-state index in [0.29, 0.717) is 22.4 Å². The summed E-state index contributed by atoms with van der Waals surface area (Å²) in [6, 6.07) is 23.7. The van der Waals surface area contributed by atoms with E-state index in [1.807, 2.05) is 36.4 Å². The molecule has 3 heteroatoms. The molecule has 3 nitrogen and oxygen atoms in total. The van der Waals surface area contributed by atoms with Crippen molar-refractivity contribution >= 4 is 17.5 Å². The molecule has 1 heterocycles. The summed E-state index contributed by atoms with van der Waals surface area (Å²) in [5.41, 5.74) is 2.99. The number of nitrogens with zero attached hydrogens (tertiary/aromatic N) is 1. The summed E-state index contributed by atoms with van der Waals surface area (Å²) < 4.78 is 0. The SMILES string of the molecule is O=C1c2ccc(C#Cc3ccccc3)cc2C(=O)N1c1ccccc1. The van der Waals surface area contributed by atoms with Crippen LogP contribution in [0, 0.1) is 11.8 Å². The van der Waals surface area contributed by atoms with Gasteiger partial charge < -0.3 is 0 Å². The van der Waals surface area contributed by atoms with Crippen LogP contribution in [0.5, 0.6) is 0 Å². The molecule has 0 radical (unpaired) electrons. The first kappa shape index (κ1) is 14.9. The third-order valence-electron chi connectivity index (χ3n) is 4.03. The van der Waals surface area contributed by atoms with Crippen molar-refractivity contribution in [2.75, 3.05) is 4.90 Å². The van der Waals surface area contributed by atoms with Crippen LogP contribution in [0.15, 0.2) is 78.9 Å². The van der Waals surface area contributed by atoms with Crippen molar-refractivity contribution in [2.45, 2.75) is 0 Å². The van der Waals surface area contributed by atoms with Crippen LogP contribution in [0.1, 0.15) is 31.8 Å². The minimum atomic E-state index is -0.311. The van der Waals surface area contributed by atoms with Gasteiger partial charge in [-0.1, -0.05) is 48.2 Å². The molecule has 0 saturated carbocycles. The number of imide groups is 1. The van der Waals surface area contributed by atoms with Crippen molar-refractivity contribution in [1.82, 2.24) is 0 Å². The Morgan fingerprint density at radius 1 is 0.600 bits per heavy atom. The molecule has 0 unspecified atom stereocenters. The second-order valence-electron chi connectivity index (χ2n) is 5.66. The summed E-state index contributed by atoms with van der Waals surface area (Å²) in [4.78, 5) is 26.5. The van der Waals surface area contributed by atoms with Gasteiger partial charge in [-0.3, -0.25) is 9.59 Å². The summed E-state index contributed by atoms with van der Waals surface area (Å²) in [6.45, 7) is 0. The van der Waals surface area contributed by atoms with Crippen molar-refractivity contribution in [3.05, 3.63) is 101 Å². The van der Waals surface area contributed by atoms with Crippen molar-refractivity contribution in [3.8, 4) is 11.8 Å². The zero-order chi connectivity index (χ0) is 17.2.